The molecule has 5 atom stereocenters. The monoisotopic (exact) mass is 746 g/mol. The number of hydrogen-bond donors (Lipinski definition) is 4. The molecule has 3 fully saturated rings. The number of nitrogens with zero attached hydrogens (tertiary/aromatic N) is 3. The number of nitrogens with one attached hydrogen (secondary N) is 3. The van der Waals surface area contributed by atoms with Crippen molar-refractivity contribution in [1.29, 1.82) is 0 Å². The number of allylic oxidation sites excluding steroid dienone is 1. The van der Waals surface area contributed by atoms with Gasteiger partial charge in [-0.25, -0.2) is 19.6 Å². The molecular weight excluding hydrogens is 701 g/mol. The van der Waals surface area contributed by atoms with Crippen molar-refractivity contribution in [3.63, 3.8) is 0 Å². The Hall–Kier alpha value is -4.92. The Morgan fingerprint density at radius 3 is 2.60 bits per heavy atom. The molecular formula is C38H46N6O8S. The highest BCUT2D eigenvalue weighted by molar-refractivity contribution is 7.14. The number of amides is 3. The molecule has 2 aliphatic heterocycles. The molecule has 3 amide bonds. The van der Waals surface area contributed by atoms with Crippen molar-refractivity contribution >= 4 is 51.2 Å². The minimum absolute atomic E-state index is 0.0338. The number of benzene rings is 1. The summed E-state index contributed by atoms with van der Waals surface area (Å²) in [5.74, 6) is -1.37. The zero-order chi connectivity index (χ0) is 37.1. The van der Waals surface area contributed by atoms with Crippen molar-refractivity contribution in [3.8, 4) is 22.9 Å². The van der Waals surface area contributed by atoms with E-state index in [1.807, 2.05) is 23.6 Å². The van der Waals surface area contributed by atoms with Gasteiger partial charge in [0, 0.05) is 42.3 Å². The van der Waals surface area contributed by atoms with Crippen molar-refractivity contribution < 1.29 is 38.5 Å². The van der Waals surface area contributed by atoms with Gasteiger partial charge in [-0.2, -0.15) is 0 Å². The summed E-state index contributed by atoms with van der Waals surface area (Å²) in [5.41, 5.74) is 0.382. The number of alkyl carbamates (subject to hydrolysis) is 1. The van der Waals surface area contributed by atoms with Gasteiger partial charge in [0.05, 0.1) is 24.9 Å². The second-order valence-corrected chi connectivity index (χ2v) is 15.2. The number of aromatic nitrogens is 2. The van der Waals surface area contributed by atoms with Crippen LogP contribution in [0.1, 0.15) is 70.6 Å². The van der Waals surface area contributed by atoms with Crippen molar-refractivity contribution in [2.24, 2.45) is 5.92 Å². The van der Waals surface area contributed by atoms with E-state index in [-0.39, 0.29) is 31.4 Å². The third kappa shape index (κ3) is 7.90. The lowest BCUT2D eigenvalue weighted by Gasteiger charge is -2.29. The molecule has 3 aromatic rings. The first-order valence-electron chi connectivity index (χ1n) is 18.5. The topological polar surface area (TPSA) is 181 Å². The molecule has 15 heteroatoms. The molecule has 4 N–H and O–H groups in total. The second-order valence-electron chi connectivity index (χ2n) is 14.3. The predicted octanol–water partition coefficient (Wildman–Crippen LogP) is 5.27. The Bertz CT molecular complexity index is 1890. The van der Waals surface area contributed by atoms with E-state index in [4.69, 9.17) is 19.2 Å². The van der Waals surface area contributed by atoms with Crippen LogP contribution in [-0.4, -0.2) is 94.4 Å². The Morgan fingerprint density at radius 1 is 1.04 bits per heavy atom. The minimum Gasteiger partial charge on any atom is -0.497 e. The number of thiazole rings is 1. The summed E-state index contributed by atoms with van der Waals surface area (Å²) >= 11 is 1.44. The molecule has 1 saturated heterocycles. The van der Waals surface area contributed by atoms with Crippen molar-refractivity contribution in [3.05, 3.63) is 41.8 Å². The van der Waals surface area contributed by atoms with Crippen LogP contribution in [0.4, 0.5) is 9.93 Å². The van der Waals surface area contributed by atoms with Gasteiger partial charge in [0.25, 0.3) is 0 Å². The van der Waals surface area contributed by atoms with E-state index < -0.39 is 47.6 Å². The molecule has 2 saturated carbocycles. The lowest BCUT2D eigenvalue weighted by Crippen LogP contribution is -2.56. The van der Waals surface area contributed by atoms with Gasteiger partial charge in [-0.3, -0.25) is 9.59 Å². The van der Waals surface area contributed by atoms with E-state index in [2.05, 4.69) is 20.9 Å². The Balaban J connectivity index is 1.20. The quantitative estimate of drug-likeness (QED) is 0.221. The third-order valence-corrected chi connectivity index (χ3v) is 11.6. The number of carbonyl (C=O) groups excluding carboxylic acids is 3. The van der Waals surface area contributed by atoms with E-state index >= 15 is 0 Å². The van der Waals surface area contributed by atoms with E-state index in [9.17, 15) is 24.3 Å². The maximum absolute atomic E-state index is 14.5. The summed E-state index contributed by atoms with van der Waals surface area (Å²) in [6.07, 6.45) is 9.72. The van der Waals surface area contributed by atoms with Crippen LogP contribution in [0.15, 0.2) is 41.8 Å². The van der Waals surface area contributed by atoms with Crippen LogP contribution < -0.4 is 25.4 Å². The number of anilines is 1. The molecule has 1 unspecified atom stereocenters. The van der Waals surface area contributed by atoms with Crippen molar-refractivity contribution in [2.45, 2.75) is 100 Å². The number of carboxylic acid groups (broad SMARTS) is 1. The third-order valence-electron chi connectivity index (χ3n) is 10.7. The van der Waals surface area contributed by atoms with Gasteiger partial charge in [0.1, 0.15) is 47.0 Å². The second kappa shape index (κ2) is 15.6. The number of hydrogen-bond acceptors (Lipinski definition) is 11. The minimum atomic E-state index is -1.45. The lowest BCUT2D eigenvalue weighted by atomic mass is 10.0. The van der Waals surface area contributed by atoms with Gasteiger partial charge >= 0.3 is 12.1 Å². The molecule has 2 aliphatic carbocycles. The molecule has 0 bridgehead atoms. The van der Waals surface area contributed by atoms with Gasteiger partial charge < -0.3 is 40.2 Å². The summed E-state index contributed by atoms with van der Waals surface area (Å²) in [6.45, 7) is 0.0338. The van der Waals surface area contributed by atoms with Crippen LogP contribution in [0, 0.1) is 5.92 Å². The first-order valence-corrected chi connectivity index (χ1v) is 19.3. The summed E-state index contributed by atoms with van der Waals surface area (Å²) in [6, 6.07) is 5.27. The number of rotatable bonds is 8. The van der Waals surface area contributed by atoms with Gasteiger partial charge in [0.2, 0.25) is 11.8 Å². The van der Waals surface area contributed by atoms with Gasteiger partial charge in [-0.15, -0.1) is 11.3 Å². The maximum Gasteiger partial charge on any atom is 0.408 e. The van der Waals surface area contributed by atoms with Crippen molar-refractivity contribution in [2.75, 3.05) is 26.0 Å². The molecule has 282 valence electrons. The number of ether oxygens (including phenoxy) is 3. The summed E-state index contributed by atoms with van der Waals surface area (Å²) < 4.78 is 17.8. The Labute approximate surface area is 311 Å². The number of carboxylic acids is 1. The molecule has 4 aliphatic rings. The molecule has 7 rings (SSSR count). The maximum atomic E-state index is 14.5. The number of carbonyl (C=O) groups is 4. The summed E-state index contributed by atoms with van der Waals surface area (Å²) in [5, 5.41) is 22.2. The molecule has 2 aromatic heterocycles. The van der Waals surface area contributed by atoms with E-state index in [1.54, 1.807) is 32.4 Å². The Morgan fingerprint density at radius 2 is 1.85 bits per heavy atom. The van der Waals surface area contributed by atoms with Crippen LogP contribution in [0.3, 0.4) is 0 Å². The fourth-order valence-electron chi connectivity index (χ4n) is 7.70. The number of fused-ring (bicyclic) bond motifs is 3. The van der Waals surface area contributed by atoms with E-state index in [0.717, 1.165) is 50.1 Å². The number of aliphatic carboxylic acids is 1. The lowest BCUT2D eigenvalue weighted by molar-refractivity contribution is -0.145. The molecule has 4 heterocycles. The first kappa shape index (κ1) is 36.4. The highest BCUT2D eigenvalue weighted by Gasteiger charge is 2.61. The molecule has 14 nitrogen and oxygen atoms in total. The molecule has 1 aromatic carbocycles. The van der Waals surface area contributed by atoms with Gasteiger partial charge in [-0.1, -0.05) is 25.0 Å². The average Bonchev–Trinajstić information content (AvgIpc) is 3.60. The van der Waals surface area contributed by atoms with Crippen LogP contribution in [0.5, 0.6) is 11.5 Å². The zero-order valence-electron chi connectivity index (χ0n) is 30.0. The molecule has 0 spiro atoms. The average molecular weight is 747 g/mol. The highest BCUT2D eigenvalue weighted by Crippen LogP contribution is 2.45. The van der Waals surface area contributed by atoms with Crippen molar-refractivity contribution in [1.82, 2.24) is 25.5 Å². The zero-order valence-corrected chi connectivity index (χ0v) is 30.8. The van der Waals surface area contributed by atoms with Gasteiger partial charge in [-0.05, 0) is 63.5 Å². The number of methoxy groups -OCH3 is 1. The summed E-state index contributed by atoms with van der Waals surface area (Å²) in [4.78, 5) is 65.2. The standard InChI is InChI=1S/C38H46N6O8S/c1-39-36-41-30(21-53-36)29-18-32(26-15-14-24(50-2)16-28(26)40-29)51-25-17-31-33(45)43-38(35(47)48)19-22(38)10-6-4-3-5-7-13-27(34(46)44(31)20-25)42-37(49)52-23-11-8-9-12-23/h6,10,14-16,18,21-23,25,27,31H,3-5,7-9,11-13,17,19-20H2,1-2H3,(H,39,41)(H,42,49)(H,43,45)(H,47,48)/b10-6-/t22-,25-,27-,31?,38-/m1/s1. The fraction of sp³-hybridized carbons (Fsp3) is 0.526. The number of pyridine rings is 1. The van der Waals surface area contributed by atoms with Crippen LogP contribution in [-0.2, 0) is 19.1 Å². The largest absolute Gasteiger partial charge is 0.497 e. The van der Waals surface area contributed by atoms with Gasteiger partial charge in [0.15, 0.2) is 5.13 Å². The summed E-state index contributed by atoms with van der Waals surface area (Å²) in [7, 11) is 3.37. The van der Waals surface area contributed by atoms with E-state index in [0.29, 0.717) is 46.6 Å². The fourth-order valence-corrected chi connectivity index (χ4v) is 8.36. The van der Waals surface area contributed by atoms with Crippen LogP contribution >= 0.6 is 11.3 Å². The molecule has 53 heavy (non-hydrogen) atoms. The first-order chi connectivity index (χ1) is 25.7. The highest BCUT2D eigenvalue weighted by atomic mass is 32.1. The predicted molar refractivity (Wildman–Crippen MR) is 198 cm³/mol. The van der Waals surface area contributed by atoms with Crippen LogP contribution in [0.2, 0.25) is 0 Å². The van der Waals surface area contributed by atoms with E-state index in [1.165, 1.54) is 16.2 Å². The normalized spacial score (nSPS) is 27.1. The Kier molecular flexibility index (Phi) is 10.7. The molecule has 0 radical (unpaired) electrons. The van der Waals surface area contributed by atoms with Crippen LogP contribution in [0.25, 0.3) is 22.3 Å². The SMILES string of the molecule is CNc1nc(-c2cc(O[C@@H]3CC4C(=O)N[C@]5(C(=O)O)C[C@H]5/C=C\CCCCC[C@@H](NC(=O)OC5CCCC5)C(=O)N4C3)c3ccc(OC)cc3n2)cs1. The smallest absolute Gasteiger partial charge is 0.408 e.